The van der Waals surface area contributed by atoms with E-state index >= 15 is 0 Å². The third kappa shape index (κ3) is 2.14. The average Bonchev–Trinajstić information content (AvgIpc) is 2.12. The Morgan fingerprint density at radius 1 is 1.50 bits per heavy atom. The molecule has 0 fully saturated rings. The molecule has 2 N–H and O–H groups in total. The first kappa shape index (κ1) is 7.20. The van der Waals surface area contributed by atoms with Crippen molar-refractivity contribution in [3.63, 3.8) is 0 Å². The van der Waals surface area contributed by atoms with Gasteiger partial charge in [-0.2, -0.15) is 0 Å². The van der Waals surface area contributed by atoms with Crippen LogP contribution in [-0.4, -0.2) is 12.9 Å². The van der Waals surface area contributed by atoms with Crippen LogP contribution in [0, 0.1) is 6.08 Å². The summed E-state index contributed by atoms with van der Waals surface area (Å²) < 4.78 is 37.5. The van der Waals surface area contributed by atoms with Crippen LogP contribution in [0.25, 0.3) is 0 Å². The topological polar surface area (TPSA) is 33.3 Å². The first-order valence-electron chi connectivity index (χ1n) is 2.43. The molecule has 57 valence electrons. The predicted molar refractivity (Wildman–Crippen MR) is 25.0 cm³/mol. The van der Waals surface area contributed by atoms with E-state index in [1.807, 2.05) is 0 Å². The third-order valence-electron chi connectivity index (χ3n) is 0.757. The smallest absolute Gasteiger partial charge is 0.389 e. The van der Waals surface area contributed by atoms with Crippen LogP contribution in [0.3, 0.4) is 0 Å². The summed E-state index contributed by atoms with van der Waals surface area (Å²) in [4.78, 5) is 0. The van der Waals surface area contributed by atoms with Crippen LogP contribution in [0.15, 0.2) is 5.88 Å². The van der Waals surface area contributed by atoms with Gasteiger partial charge >= 0.3 is 6.36 Å². The third-order valence-corrected chi connectivity index (χ3v) is 0.757. The van der Waals surface area contributed by atoms with Crippen molar-refractivity contribution in [2.45, 2.75) is 6.36 Å². The van der Waals surface area contributed by atoms with Crippen LogP contribution < -0.4 is 10.9 Å². The summed E-state index contributed by atoms with van der Waals surface area (Å²) in [7, 11) is 0. The monoisotopic (exact) mass is 153 g/mol. The van der Waals surface area contributed by atoms with Gasteiger partial charge in [0.05, 0.1) is 0 Å². The highest BCUT2D eigenvalue weighted by Crippen LogP contribution is 2.19. The van der Waals surface area contributed by atoms with Crippen molar-refractivity contribution in [3.05, 3.63) is 12.0 Å². The molecule has 0 aromatic carbocycles. The van der Waals surface area contributed by atoms with Crippen LogP contribution in [0.2, 0.25) is 0 Å². The second-order valence-corrected chi connectivity index (χ2v) is 1.53. The Hall–Kier alpha value is -0.910. The van der Waals surface area contributed by atoms with Crippen LogP contribution in [0.4, 0.5) is 13.2 Å². The number of hydrazine groups is 1. The molecule has 0 aliphatic carbocycles. The standard InChI is InChI=1S/C4H4F3N2O/c5-4(6,7)10-3-1-2-8-9-3/h8-9H,2H2. The molecule has 3 nitrogen and oxygen atoms in total. The van der Waals surface area contributed by atoms with Gasteiger partial charge in [-0.05, 0) is 0 Å². The molecule has 0 spiro atoms. The van der Waals surface area contributed by atoms with Crippen molar-refractivity contribution < 1.29 is 17.9 Å². The zero-order valence-corrected chi connectivity index (χ0v) is 4.75. The van der Waals surface area contributed by atoms with Crippen LogP contribution in [0.1, 0.15) is 0 Å². The van der Waals surface area contributed by atoms with Gasteiger partial charge in [0.2, 0.25) is 5.88 Å². The average molecular weight is 153 g/mol. The van der Waals surface area contributed by atoms with Crippen molar-refractivity contribution >= 4 is 0 Å². The second-order valence-electron chi connectivity index (χ2n) is 1.53. The maximum absolute atomic E-state index is 11.4. The number of halogens is 3. The molecule has 0 saturated carbocycles. The molecule has 0 amide bonds. The van der Waals surface area contributed by atoms with Crippen molar-refractivity contribution in [2.75, 3.05) is 6.54 Å². The Morgan fingerprint density at radius 3 is 2.60 bits per heavy atom. The molecule has 1 aliphatic heterocycles. The zero-order chi connectivity index (χ0) is 7.61. The molecule has 1 heterocycles. The fourth-order valence-electron chi connectivity index (χ4n) is 0.470. The number of nitrogens with one attached hydrogen (secondary N) is 2. The minimum atomic E-state index is -4.64. The van der Waals surface area contributed by atoms with Gasteiger partial charge in [-0.1, -0.05) is 0 Å². The van der Waals surface area contributed by atoms with E-state index in [4.69, 9.17) is 0 Å². The minimum absolute atomic E-state index is 0.214. The van der Waals surface area contributed by atoms with Gasteiger partial charge in [-0.15, -0.1) is 13.2 Å². The molecule has 0 unspecified atom stereocenters. The number of alkyl halides is 3. The molecule has 1 aliphatic rings. The number of hydrogen-bond donors (Lipinski definition) is 2. The first-order valence-corrected chi connectivity index (χ1v) is 2.43. The van der Waals surface area contributed by atoms with Gasteiger partial charge in [-0.3, -0.25) is 5.43 Å². The van der Waals surface area contributed by atoms with Crippen molar-refractivity contribution in [1.82, 2.24) is 10.9 Å². The fraction of sp³-hybridized carbons (Fsp3) is 0.500. The summed E-state index contributed by atoms with van der Waals surface area (Å²) in [6.45, 7) is 0.214. The molecule has 0 aromatic rings. The van der Waals surface area contributed by atoms with Gasteiger partial charge in [0.15, 0.2) is 0 Å². The van der Waals surface area contributed by atoms with E-state index in [1.54, 1.807) is 0 Å². The summed E-state index contributed by atoms with van der Waals surface area (Å²) in [5.41, 5.74) is 4.50. The highest BCUT2D eigenvalue weighted by atomic mass is 19.4. The minimum Gasteiger partial charge on any atom is -0.389 e. The van der Waals surface area contributed by atoms with Gasteiger partial charge in [0.25, 0.3) is 0 Å². The number of rotatable bonds is 1. The molecule has 0 bridgehead atoms. The lowest BCUT2D eigenvalue weighted by atomic mass is 10.6. The molecule has 0 atom stereocenters. The molecule has 1 radical (unpaired) electrons. The molecule has 0 aromatic heterocycles. The molecule has 10 heavy (non-hydrogen) atoms. The van der Waals surface area contributed by atoms with Gasteiger partial charge in [-0.25, -0.2) is 5.43 Å². The zero-order valence-electron chi connectivity index (χ0n) is 4.75. The first-order chi connectivity index (χ1) is 4.58. The fourth-order valence-corrected chi connectivity index (χ4v) is 0.470. The number of ether oxygens (including phenoxy) is 1. The summed E-state index contributed by atoms with van der Waals surface area (Å²) in [6.07, 6.45) is -2.37. The quantitative estimate of drug-likeness (QED) is 0.567. The highest BCUT2D eigenvalue weighted by molar-refractivity contribution is 4.89. The van der Waals surface area contributed by atoms with Gasteiger partial charge in [0.1, 0.15) is 0 Å². The maximum atomic E-state index is 11.4. The van der Waals surface area contributed by atoms with Crippen LogP contribution >= 0.6 is 0 Å². The number of hydrogen-bond acceptors (Lipinski definition) is 3. The van der Waals surface area contributed by atoms with E-state index in [0.717, 1.165) is 0 Å². The van der Waals surface area contributed by atoms with Crippen molar-refractivity contribution in [1.29, 1.82) is 0 Å². The highest BCUT2D eigenvalue weighted by Gasteiger charge is 2.32. The Kier molecular flexibility index (Phi) is 1.71. The summed E-state index contributed by atoms with van der Waals surface area (Å²) in [5.74, 6) is -0.424. The van der Waals surface area contributed by atoms with E-state index in [0.29, 0.717) is 0 Å². The van der Waals surface area contributed by atoms with Crippen molar-refractivity contribution in [2.24, 2.45) is 0 Å². The summed E-state index contributed by atoms with van der Waals surface area (Å²) in [6, 6.07) is 0. The normalized spacial score (nSPS) is 18.1. The molecular formula is C4H4F3N2O. The summed E-state index contributed by atoms with van der Waals surface area (Å²) in [5, 5.41) is 0. The van der Waals surface area contributed by atoms with E-state index < -0.39 is 12.2 Å². The predicted octanol–water partition coefficient (Wildman–Crippen LogP) is 0.275. The van der Waals surface area contributed by atoms with Crippen molar-refractivity contribution in [3.8, 4) is 0 Å². The molecule has 6 heteroatoms. The van der Waals surface area contributed by atoms with E-state index in [1.165, 1.54) is 0 Å². The van der Waals surface area contributed by atoms with E-state index in [-0.39, 0.29) is 6.54 Å². The summed E-state index contributed by atoms with van der Waals surface area (Å²) >= 11 is 0. The Morgan fingerprint density at radius 2 is 2.20 bits per heavy atom. The Balaban J connectivity index is 2.38. The SMILES string of the molecule is FC(F)(F)OC1=[C]CNN1. The Bertz CT molecular complexity index is 153. The van der Waals surface area contributed by atoms with E-state index in [9.17, 15) is 13.2 Å². The van der Waals surface area contributed by atoms with Gasteiger partial charge < -0.3 is 4.74 Å². The van der Waals surface area contributed by atoms with Gasteiger partial charge in [0, 0.05) is 12.6 Å². The largest absolute Gasteiger partial charge is 0.574 e. The second kappa shape index (κ2) is 2.37. The van der Waals surface area contributed by atoms with Crippen LogP contribution in [0.5, 0.6) is 0 Å². The van der Waals surface area contributed by atoms with Crippen LogP contribution in [-0.2, 0) is 4.74 Å². The lowest BCUT2D eigenvalue weighted by molar-refractivity contribution is -0.308. The maximum Gasteiger partial charge on any atom is 0.574 e. The lowest BCUT2D eigenvalue weighted by Crippen LogP contribution is -2.27. The van der Waals surface area contributed by atoms with E-state index in [2.05, 4.69) is 21.7 Å². The molecule has 1 rings (SSSR count). The molecular weight excluding hydrogens is 149 g/mol. The molecule has 0 saturated heterocycles. The Labute approximate surface area is 54.8 Å². The lowest BCUT2D eigenvalue weighted by Gasteiger charge is -2.08.